The summed E-state index contributed by atoms with van der Waals surface area (Å²) < 4.78 is 0. The summed E-state index contributed by atoms with van der Waals surface area (Å²) in [6, 6.07) is 3.55. The Morgan fingerprint density at radius 3 is 2.71 bits per heavy atom. The number of nitrogens with zero attached hydrogens (tertiary/aromatic N) is 2. The van der Waals surface area contributed by atoms with Crippen molar-refractivity contribution in [2.24, 2.45) is 0 Å². The Balaban J connectivity index is 2.93. The number of aromatic amines is 1. The third kappa shape index (κ3) is 3.22. The average Bonchev–Trinajstić information content (AvgIpc) is 2.64. The van der Waals surface area contributed by atoms with Gasteiger partial charge in [-0.3, -0.25) is 4.79 Å². The second-order valence-electron chi connectivity index (χ2n) is 3.53. The standard InChI is InChI=1S/C12H11N3O2/c1-8-10(2-3-12(16)17)7-15-11(8)4-9(5-13)6-14/h4,7,15H,2-3H2,1H3,(H,16,17). The van der Waals surface area contributed by atoms with Crippen LogP contribution < -0.4 is 0 Å². The third-order valence-corrected chi connectivity index (χ3v) is 2.43. The van der Waals surface area contributed by atoms with Gasteiger partial charge in [0.2, 0.25) is 0 Å². The first-order valence-corrected chi connectivity index (χ1v) is 4.99. The molecule has 0 saturated heterocycles. The summed E-state index contributed by atoms with van der Waals surface area (Å²) in [5.74, 6) is -0.850. The molecular formula is C12H11N3O2. The lowest BCUT2D eigenvalue weighted by Gasteiger charge is -1.97. The van der Waals surface area contributed by atoms with Gasteiger partial charge in [0, 0.05) is 18.3 Å². The van der Waals surface area contributed by atoms with E-state index >= 15 is 0 Å². The molecule has 0 spiro atoms. The van der Waals surface area contributed by atoms with E-state index in [9.17, 15) is 4.79 Å². The smallest absolute Gasteiger partial charge is 0.303 e. The van der Waals surface area contributed by atoms with Gasteiger partial charge in [-0.05, 0) is 30.5 Å². The van der Waals surface area contributed by atoms with Crippen LogP contribution in [0.4, 0.5) is 0 Å². The zero-order chi connectivity index (χ0) is 12.8. The Morgan fingerprint density at radius 1 is 1.53 bits per heavy atom. The number of nitrogens with one attached hydrogen (secondary N) is 1. The summed E-state index contributed by atoms with van der Waals surface area (Å²) in [4.78, 5) is 13.4. The van der Waals surface area contributed by atoms with Crippen molar-refractivity contribution in [2.45, 2.75) is 19.8 Å². The topological polar surface area (TPSA) is 101 Å². The molecule has 1 heterocycles. The first-order chi connectivity index (χ1) is 8.08. The summed E-state index contributed by atoms with van der Waals surface area (Å²) in [5, 5.41) is 25.8. The van der Waals surface area contributed by atoms with Crippen LogP contribution in [0.3, 0.4) is 0 Å². The SMILES string of the molecule is Cc1c(CCC(=O)O)c[nH]c1C=C(C#N)C#N. The fourth-order valence-corrected chi connectivity index (χ4v) is 1.44. The molecular weight excluding hydrogens is 218 g/mol. The predicted molar refractivity (Wildman–Crippen MR) is 60.7 cm³/mol. The Labute approximate surface area is 98.6 Å². The maximum Gasteiger partial charge on any atom is 0.303 e. The molecule has 0 aliphatic rings. The molecule has 0 saturated carbocycles. The van der Waals surface area contributed by atoms with Gasteiger partial charge in [0.1, 0.15) is 17.7 Å². The van der Waals surface area contributed by atoms with Crippen molar-refractivity contribution in [3.63, 3.8) is 0 Å². The minimum Gasteiger partial charge on any atom is -0.481 e. The Kier molecular flexibility index (Phi) is 4.08. The second-order valence-corrected chi connectivity index (χ2v) is 3.53. The number of rotatable bonds is 4. The molecule has 17 heavy (non-hydrogen) atoms. The molecule has 0 atom stereocenters. The summed E-state index contributed by atoms with van der Waals surface area (Å²) in [5.41, 5.74) is 2.44. The van der Waals surface area contributed by atoms with Crippen molar-refractivity contribution in [2.75, 3.05) is 0 Å². The van der Waals surface area contributed by atoms with E-state index in [1.54, 1.807) is 18.3 Å². The molecule has 1 rings (SSSR count). The minimum absolute atomic E-state index is 0.0136. The number of aryl methyl sites for hydroxylation is 1. The number of carboxylic acid groups (broad SMARTS) is 1. The van der Waals surface area contributed by atoms with Crippen LogP contribution in [0.15, 0.2) is 11.8 Å². The van der Waals surface area contributed by atoms with Crippen LogP contribution in [0.25, 0.3) is 6.08 Å². The van der Waals surface area contributed by atoms with Crippen LogP contribution in [0, 0.1) is 29.6 Å². The van der Waals surface area contributed by atoms with Gasteiger partial charge in [-0.2, -0.15) is 10.5 Å². The molecule has 0 aliphatic heterocycles. The molecule has 2 N–H and O–H groups in total. The molecule has 0 aliphatic carbocycles. The van der Waals surface area contributed by atoms with Gasteiger partial charge >= 0.3 is 5.97 Å². The second kappa shape index (κ2) is 5.53. The monoisotopic (exact) mass is 229 g/mol. The highest BCUT2D eigenvalue weighted by Gasteiger charge is 2.07. The molecule has 1 aromatic heterocycles. The molecule has 86 valence electrons. The zero-order valence-electron chi connectivity index (χ0n) is 9.32. The number of carbonyl (C=O) groups is 1. The van der Waals surface area contributed by atoms with E-state index in [0.717, 1.165) is 11.1 Å². The number of aromatic nitrogens is 1. The van der Waals surface area contributed by atoms with Crippen molar-refractivity contribution >= 4 is 12.0 Å². The fourth-order valence-electron chi connectivity index (χ4n) is 1.44. The number of hydrogen-bond acceptors (Lipinski definition) is 3. The molecule has 0 radical (unpaired) electrons. The van der Waals surface area contributed by atoms with Gasteiger partial charge in [-0.1, -0.05) is 0 Å². The number of aliphatic carboxylic acids is 1. The zero-order valence-corrected chi connectivity index (χ0v) is 9.32. The number of nitriles is 2. The van der Waals surface area contributed by atoms with E-state index in [-0.39, 0.29) is 12.0 Å². The van der Waals surface area contributed by atoms with Crippen LogP contribution in [-0.4, -0.2) is 16.1 Å². The lowest BCUT2D eigenvalue weighted by molar-refractivity contribution is -0.136. The first-order valence-electron chi connectivity index (χ1n) is 4.99. The molecule has 0 fully saturated rings. The number of carboxylic acids is 1. The highest BCUT2D eigenvalue weighted by Crippen LogP contribution is 2.17. The fraction of sp³-hybridized carbons (Fsp3) is 0.250. The Hall–Kier alpha value is -2.53. The average molecular weight is 229 g/mol. The number of hydrogen-bond donors (Lipinski definition) is 2. The molecule has 1 aromatic rings. The van der Waals surface area contributed by atoms with Crippen LogP contribution in [0.1, 0.15) is 23.2 Å². The van der Waals surface area contributed by atoms with Crippen molar-refractivity contribution in [1.29, 1.82) is 10.5 Å². The van der Waals surface area contributed by atoms with Crippen molar-refractivity contribution in [1.82, 2.24) is 4.98 Å². The largest absolute Gasteiger partial charge is 0.481 e. The number of H-pyrrole nitrogens is 1. The van der Waals surface area contributed by atoms with Gasteiger partial charge in [0.05, 0.1) is 0 Å². The first kappa shape index (κ1) is 12.5. The van der Waals surface area contributed by atoms with Crippen LogP contribution >= 0.6 is 0 Å². The van der Waals surface area contributed by atoms with E-state index in [4.69, 9.17) is 15.6 Å². The predicted octanol–water partition coefficient (Wildman–Crippen LogP) is 1.77. The highest BCUT2D eigenvalue weighted by molar-refractivity contribution is 5.67. The summed E-state index contributed by atoms with van der Waals surface area (Å²) in [6.07, 6.45) is 3.65. The van der Waals surface area contributed by atoms with Crippen molar-refractivity contribution < 1.29 is 9.90 Å². The minimum atomic E-state index is -0.850. The number of allylic oxidation sites excluding steroid dienone is 1. The van der Waals surface area contributed by atoms with Gasteiger partial charge in [-0.25, -0.2) is 0 Å². The van der Waals surface area contributed by atoms with E-state index in [1.807, 2.05) is 6.92 Å². The van der Waals surface area contributed by atoms with E-state index in [0.29, 0.717) is 12.1 Å². The Bertz CT molecular complexity index is 525. The molecule has 0 aromatic carbocycles. The Morgan fingerprint density at radius 2 is 2.18 bits per heavy atom. The highest BCUT2D eigenvalue weighted by atomic mass is 16.4. The van der Waals surface area contributed by atoms with Crippen LogP contribution in [0.2, 0.25) is 0 Å². The van der Waals surface area contributed by atoms with E-state index < -0.39 is 5.97 Å². The lowest BCUT2D eigenvalue weighted by Crippen LogP contribution is -1.97. The summed E-state index contributed by atoms with van der Waals surface area (Å²) in [6.45, 7) is 1.83. The van der Waals surface area contributed by atoms with Crippen LogP contribution in [0.5, 0.6) is 0 Å². The molecule has 5 heteroatoms. The van der Waals surface area contributed by atoms with Crippen LogP contribution in [-0.2, 0) is 11.2 Å². The van der Waals surface area contributed by atoms with Gasteiger partial charge in [0.25, 0.3) is 0 Å². The molecule has 5 nitrogen and oxygen atoms in total. The molecule has 0 amide bonds. The molecule has 0 bridgehead atoms. The summed E-state index contributed by atoms with van der Waals surface area (Å²) >= 11 is 0. The third-order valence-electron chi connectivity index (χ3n) is 2.43. The van der Waals surface area contributed by atoms with E-state index in [1.165, 1.54) is 6.08 Å². The lowest BCUT2D eigenvalue weighted by atomic mass is 10.1. The molecule has 0 unspecified atom stereocenters. The van der Waals surface area contributed by atoms with Gasteiger partial charge < -0.3 is 10.1 Å². The van der Waals surface area contributed by atoms with Gasteiger partial charge in [-0.15, -0.1) is 0 Å². The van der Waals surface area contributed by atoms with E-state index in [2.05, 4.69) is 4.98 Å². The maximum atomic E-state index is 10.5. The quantitative estimate of drug-likeness (QED) is 0.768. The normalized spacial score (nSPS) is 9.12. The summed E-state index contributed by atoms with van der Waals surface area (Å²) in [7, 11) is 0. The van der Waals surface area contributed by atoms with Crippen molar-refractivity contribution in [3.8, 4) is 12.1 Å². The van der Waals surface area contributed by atoms with Gasteiger partial charge in [0.15, 0.2) is 0 Å². The van der Waals surface area contributed by atoms with Crippen molar-refractivity contribution in [3.05, 3.63) is 28.6 Å². The maximum absolute atomic E-state index is 10.5.